The van der Waals surface area contributed by atoms with Gasteiger partial charge in [0.1, 0.15) is 17.3 Å². The molecule has 0 bridgehead atoms. The molecule has 1 heterocycles. The zero-order chi connectivity index (χ0) is 15.5. The van der Waals surface area contributed by atoms with Gasteiger partial charge in [-0.1, -0.05) is 24.4 Å². The van der Waals surface area contributed by atoms with Crippen molar-refractivity contribution in [1.29, 1.82) is 0 Å². The molecule has 2 rings (SSSR count). The van der Waals surface area contributed by atoms with Crippen LogP contribution in [0.4, 0.5) is 13.2 Å². The zero-order valence-corrected chi connectivity index (χ0v) is 11.4. The summed E-state index contributed by atoms with van der Waals surface area (Å²) < 4.78 is 43.0. The van der Waals surface area contributed by atoms with Crippen LogP contribution >= 0.6 is 12.2 Å². The quantitative estimate of drug-likeness (QED) is 0.880. The van der Waals surface area contributed by atoms with Gasteiger partial charge in [0, 0.05) is 0 Å². The fraction of sp³-hybridized carbons (Fsp3) is 0.154. The minimum absolute atomic E-state index is 0.0621. The molecule has 0 unspecified atom stereocenters. The average molecular weight is 313 g/mol. The van der Waals surface area contributed by atoms with E-state index in [0.29, 0.717) is 5.56 Å². The first kappa shape index (κ1) is 15.2. The first-order valence-electron chi connectivity index (χ1n) is 5.77. The Bertz CT molecular complexity index is 661. The van der Waals surface area contributed by atoms with Crippen LogP contribution in [-0.2, 0) is 12.8 Å². The molecule has 0 radical (unpaired) electrons. The van der Waals surface area contributed by atoms with E-state index in [0.717, 1.165) is 12.1 Å². The second-order valence-corrected chi connectivity index (χ2v) is 4.53. The minimum atomic E-state index is -4.39. The van der Waals surface area contributed by atoms with Crippen molar-refractivity contribution in [3.8, 4) is 5.88 Å². The van der Waals surface area contributed by atoms with Gasteiger partial charge in [-0.2, -0.15) is 13.2 Å². The molecule has 1 aromatic heterocycles. The molecule has 8 heteroatoms. The van der Waals surface area contributed by atoms with Gasteiger partial charge in [0.25, 0.3) is 0 Å². The smallest absolute Gasteiger partial charge is 0.416 e. The number of aromatic nitrogens is 2. The molecule has 0 amide bonds. The molecule has 0 saturated carbocycles. The van der Waals surface area contributed by atoms with Gasteiger partial charge in [0.2, 0.25) is 5.88 Å². The van der Waals surface area contributed by atoms with E-state index < -0.39 is 11.7 Å². The third-order valence-electron chi connectivity index (χ3n) is 2.51. The number of nitrogens with two attached hydrogens (primary N) is 1. The number of ether oxygens (including phenoxy) is 1. The van der Waals surface area contributed by atoms with E-state index in [-0.39, 0.29) is 23.2 Å². The molecule has 4 nitrogen and oxygen atoms in total. The lowest BCUT2D eigenvalue weighted by Gasteiger charge is -2.09. The predicted octanol–water partition coefficient (Wildman–Crippen LogP) is 2.71. The standard InChI is InChI=1S/C13H10F3N3OS/c14-13(15,16)9-3-1-2-8(4-9)7-20-11-6-18-5-10(19-11)12(17)21/h1-6H,7H2,(H2,17,21). The Morgan fingerprint density at radius 1 is 1.29 bits per heavy atom. The van der Waals surface area contributed by atoms with Gasteiger partial charge in [-0.3, -0.25) is 4.98 Å². The Morgan fingerprint density at radius 3 is 2.71 bits per heavy atom. The highest BCUT2D eigenvalue weighted by Gasteiger charge is 2.30. The SMILES string of the molecule is NC(=S)c1cncc(OCc2cccc(C(F)(F)F)c2)n1. The summed E-state index contributed by atoms with van der Waals surface area (Å²) in [4.78, 5) is 7.89. The molecule has 0 aliphatic rings. The highest BCUT2D eigenvalue weighted by Crippen LogP contribution is 2.29. The number of alkyl halides is 3. The van der Waals surface area contributed by atoms with Crippen LogP contribution in [-0.4, -0.2) is 15.0 Å². The molecule has 1 aromatic carbocycles. The molecule has 0 atom stereocenters. The lowest BCUT2D eigenvalue weighted by Crippen LogP contribution is -2.12. The van der Waals surface area contributed by atoms with Crippen LogP contribution in [0, 0.1) is 0 Å². The molecule has 0 fully saturated rings. The summed E-state index contributed by atoms with van der Waals surface area (Å²) in [5.41, 5.74) is 5.33. The first-order chi connectivity index (χ1) is 9.86. The van der Waals surface area contributed by atoms with Crippen molar-refractivity contribution in [2.24, 2.45) is 5.73 Å². The van der Waals surface area contributed by atoms with Crippen LogP contribution in [0.3, 0.4) is 0 Å². The number of halogens is 3. The molecular weight excluding hydrogens is 303 g/mol. The Kier molecular flexibility index (Phi) is 4.37. The van der Waals surface area contributed by atoms with Crippen LogP contribution in [0.25, 0.3) is 0 Å². The van der Waals surface area contributed by atoms with Crippen molar-refractivity contribution >= 4 is 17.2 Å². The van der Waals surface area contributed by atoms with E-state index in [1.165, 1.54) is 24.5 Å². The maximum atomic E-state index is 12.6. The van der Waals surface area contributed by atoms with Crippen molar-refractivity contribution < 1.29 is 17.9 Å². The van der Waals surface area contributed by atoms with E-state index in [1.54, 1.807) is 0 Å². The fourth-order valence-electron chi connectivity index (χ4n) is 1.53. The number of thiocarbonyl (C=S) groups is 1. The summed E-state index contributed by atoms with van der Waals surface area (Å²) in [5, 5.41) is 0. The van der Waals surface area contributed by atoms with Crippen molar-refractivity contribution in [2.75, 3.05) is 0 Å². The van der Waals surface area contributed by atoms with Crippen molar-refractivity contribution in [3.05, 3.63) is 53.5 Å². The highest BCUT2D eigenvalue weighted by atomic mass is 32.1. The van der Waals surface area contributed by atoms with Gasteiger partial charge >= 0.3 is 6.18 Å². The van der Waals surface area contributed by atoms with Crippen LogP contribution in [0.5, 0.6) is 5.88 Å². The number of nitrogens with zero attached hydrogens (tertiary/aromatic N) is 2. The lowest BCUT2D eigenvalue weighted by molar-refractivity contribution is -0.137. The van der Waals surface area contributed by atoms with E-state index in [9.17, 15) is 13.2 Å². The monoisotopic (exact) mass is 313 g/mol. The Balaban J connectivity index is 2.10. The topological polar surface area (TPSA) is 61.0 Å². The minimum Gasteiger partial charge on any atom is -0.472 e. The normalized spacial score (nSPS) is 11.2. The molecule has 0 saturated heterocycles. The van der Waals surface area contributed by atoms with Crippen LogP contribution < -0.4 is 10.5 Å². The molecule has 0 aliphatic carbocycles. The summed E-state index contributed by atoms with van der Waals surface area (Å²) in [6, 6.07) is 4.86. The summed E-state index contributed by atoms with van der Waals surface area (Å²) >= 11 is 4.75. The van der Waals surface area contributed by atoms with E-state index in [2.05, 4.69) is 9.97 Å². The molecule has 21 heavy (non-hydrogen) atoms. The van der Waals surface area contributed by atoms with Crippen molar-refractivity contribution in [3.63, 3.8) is 0 Å². The lowest BCUT2D eigenvalue weighted by atomic mass is 10.1. The third-order valence-corrected chi connectivity index (χ3v) is 2.72. The summed E-state index contributed by atoms with van der Waals surface area (Å²) in [5.74, 6) is 0.137. The van der Waals surface area contributed by atoms with Crippen LogP contribution in [0.1, 0.15) is 16.8 Å². The molecular formula is C13H10F3N3OS. The van der Waals surface area contributed by atoms with Crippen LogP contribution in [0.15, 0.2) is 36.7 Å². The number of hydrogen-bond donors (Lipinski definition) is 1. The fourth-order valence-corrected chi connectivity index (χ4v) is 1.63. The maximum absolute atomic E-state index is 12.6. The number of hydrogen-bond acceptors (Lipinski definition) is 4. The Labute approximate surface area is 123 Å². The van der Waals surface area contributed by atoms with Gasteiger partial charge in [-0.05, 0) is 17.7 Å². The van der Waals surface area contributed by atoms with E-state index >= 15 is 0 Å². The van der Waals surface area contributed by atoms with Gasteiger partial charge in [-0.25, -0.2) is 4.98 Å². The van der Waals surface area contributed by atoms with E-state index in [4.69, 9.17) is 22.7 Å². The second-order valence-electron chi connectivity index (χ2n) is 4.09. The van der Waals surface area contributed by atoms with Gasteiger partial charge in [0.05, 0.1) is 18.0 Å². The number of rotatable bonds is 4. The largest absolute Gasteiger partial charge is 0.472 e. The zero-order valence-electron chi connectivity index (χ0n) is 10.6. The molecule has 0 spiro atoms. The van der Waals surface area contributed by atoms with E-state index in [1.807, 2.05) is 0 Å². The third kappa shape index (κ3) is 4.12. The average Bonchev–Trinajstić information content (AvgIpc) is 2.45. The summed E-state index contributed by atoms with van der Waals surface area (Å²) in [6.45, 7) is -0.0701. The predicted molar refractivity (Wildman–Crippen MR) is 73.7 cm³/mol. The molecule has 0 aliphatic heterocycles. The first-order valence-corrected chi connectivity index (χ1v) is 6.18. The van der Waals surface area contributed by atoms with Crippen LogP contribution in [0.2, 0.25) is 0 Å². The Morgan fingerprint density at radius 2 is 2.05 bits per heavy atom. The van der Waals surface area contributed by atoms with Gasteiger partial charge in [-0.15, -0.1) is 0 Å². The molecule has 2 aromatic rings. The molecule has 110 valence electrons. The number of benzene rings is 1. The van der Waals surface area contributed by atoms with Crippen molar-refractivity contribution in [2.45, 2.75) is 12.8 Å². The summed E-state index contributed by atoms with van der Waals surface area (Å²) in [7, 11) is 0. The molecule has 2 N–H and O–H groups in total. The van der Waals surface area contributed by atoms with Crippen molar-refractivity contribution in [1.82, 2.24) is 9.97 Å². The van der Waals surface area contributed by atoms with Gasteiger partial charge < -0.3 is 10.5 Å². The second kappa shape index (κ2) is 6.04. The highest BCUT2D eigenvalue weighted by molar-refractivity contribution is 7.80. The summed E-state index contributed by atoms with van der Waals surface area (Å²) in [6.07, 6.45) is -1.68. The maximum Gasteiger partial charge on any atom is 0.416 e. The van der Waals surface area contributed by atoms with Gasteiger partial charge in [0.15, 0.2) is 0 Å². The Hall–Kier alpha value is -2.22.